The van der Waals surface area contributed by atoms with Crippen LogP contribution in [0, 0.1) is 12.8 Å². The van der Waals surface area contributed by atoms with Gasteiger partial charge in [-0.25, -0.2) is 0 Å². The van der Waals surface area contributed by atoms with Crippen LogP contribution in [0.1, 0.15) is 88.9 Å². The third-order valence-corrected chi connectivity index (χ3v) is 8.79. The van der Waals surface area contributed by atoms with Crippen molar-refractivity contribution in [3.05, 3.63) is 16.4 Å². The van der Waals surface area contributed by atoms with E-state index in [4.69, 9.17) is 11.6 Å². The third-order valence-electron chi connectivity index (χ3n) is 8.51. The Morgan fingerprint density at radius 2 is 1.81 bits per heavy atom. The van der Waals surface area contributed by atoms with Crippen LogP contribution in [0.3, 0.4) is 0 Å². The van der Waals surface area contributed by atoms with E-state index >= 15 is 0 Å². The van der Waals surface area contributed by atoms with Gasteiger partial charge < -0.3 is 15.3 Å². The molecule has 4 rings (SSSR count). The summed E-state index contributed by atoms with van der Waals surface area (Å²) in [7, 11) is 0. The van der Waals surface area contributed by atoms with Crippen molar-refractivity contribution in [2.45, 2.75) is 102 Å². The number of halogens is 3. The molecule has 1 unspecified atom stereocenters. The van der Waals surface area contributed by atoms with Gasteiger partial charge in [0.25, 0.3) is 0 Å². The number of aryl methyl sites for hydroxylation is 1. The van der Waals surface area contributed by atoms with Gasteiger partial charge in [-0.05, 0) is 51.9 Å². The van der Waals surface area contributed by atoms with Gasteiger partial charge in [0.1, 0.15) is 16.7 Å². The van der Waals surface area contributed by atoms with Crippen LogP contribution in [0.25, 0.3) is 0 Å². The second kappa shape index (κ2) is 13.1. The average Bonchev–Trinajstić information content (AvgIpc) is 3.19. The highest BCUT2D eigenvalue weighted by atomic mass is 35.5. The van der Waals surface area contributed by atoms with Gasteiger partial charge in [0.2, 0.25) is 11.8 Å². The normalized spacial score (nSPS) is 24.6. The van der Waals surface area contributed by atoms with Crippen LogP contribution in [0.15, 0.2) is 0 Å². The number of aromatic amines is 1. The lowest BCUT2D eigenvalue weighted by Gasteiger charge is -2.53. The smallest absolute Gasteiger partial charge is 0.248 e. The molecule has 3 heterocycles. The molecule has 3 aliphatic rings. The quantitative estimate of drug-likeness (QED) is 0.460. The molecule has 0 bridgehead atoms. The maximum absolute atomic E-state index is 13.7. The molecule has 0 aromatic carbocycles. The largest absolute Gasteiger partial charge is 0.390 e. The highest BCUT2D eigenvalue weighted by molar-refractivity contribution is 6.30. The summed E-state index contributed by atoms with van der Waals surface area (Å²) in [5.74, 6) is -0.134. The number of carbonyl (C=O) groups is 2. The second-order valence-electron chi connectivity index (χ2n) is 10.5. The van der Waals surface area contributed by atoms with Crippen LogP contribution in [0.2, 0.25) is 5.15 Å². The van der Waals surface area contributed by atoms with E-state index in [0.29, 0.717) is 37.6 Å². The number of nitrogens with zero attached hydrogens (tertiary/aromatic N) is 3. The van der Waals surface area contributed by atoms with E-state index in [1.165, 1.54) is 6.42 Å². The predicted molar refractivity (Wildman–Crippen MR) is 146 cm³/mol. The minimum absolute atomic E-state index is 0. The molecule has 1 saturated carbocycles. The number of rotatable bonds is 7. The van der Waals surface area contributed by atoms with Gasteiger partial charge in [0, 0.05) is 31.2 Å². The number of aliphatic hydroxyl groups is 1. The highest BCUT2D eigenvalue weighted by Crippen LogP contribution is 2.39. The van der Waals surface area contributed by atoms with Crippen molar-refractivity contribution in [3.8, 4) is 0 Å². The molecule has 8 nitrogen and oxygen atoms in total. The van der Waals surface area contributed by atoms with E-state index in [2.05, 4.69) is 34.3 Å². The van der Waals surface area contributed by atoms with Crippen molar-refractivity contribution >= 4 is 48.2 Å². The van der Waals surface area contributed by atoms with Crippen LogP contribution in [0.5, 0.6) is 0 Å². The fraction of sp³-hybridized carbons (Fsp3) is 0.800. The van der Waals surface area contributed by atoms with Crippen molar-refractivity contribution in [1.82, 2.24) is 25.3 Å². The third kappa shape index (κ3) is 5.83. The average molecular weight is 567 g/mol. The summed E-state index contributed by atoms with van der Waals surface area (Å²) in [6.07, 6.45) is 7.28. The summed E-state index contributed by atoms with van der Waals surface area (Å²) in [6.45, 7) is 8.06. The number of aliphatic hydroxyl groups excluding tert-OH is 1. The van der Waals surface area contributed by atoms with Crippen LogP contribution in [-0.4, -0.2) is 74.2 Å². The number of unbranched alkanes of at least 4 members (excludes halogenated alkanes) is 1. The molecule has 36 heavy (non-hydrogen) atoms. The van der Waals surface area contributed by atoms with E-state index in [1.54, 1.807) is 0 Å². The lowest BCUT2D eigenvalue weighted by molar-refractivity contribution is -0.166. The lowest BCUT2D eigenvalue weighted by Crippen LogP contribution is -2.75. The highest BCUT2D eigenvalue weighted by Gasteiger charge is 2.55. The fourth-order valence-corrected chi connectivity index (χ4v) is 6.65. The number of likely N-dealkylation sites (tertiary alicyclic amines) is 1. The molecule has 3 N–H and O–H groups in total. The first-order valence-electron chi connectivity index (χ1n) is 13.0. The molecule has 2 amide bonds. The standard InChI is InChI=1S/C25H40ClN5O3.2ClH/c1-4-5-13-31-23(33)20(21(32)18-9-7-6-8-10-18)27-24(34)25(31)11-14-30(15-12-25)17(3)19-16(2)28-29-22(19)26;;/h17-18,20-21,32H,4-15H2,1-3H3,(H,27,34)(H,28,29);2*1H/t17?,20-,21-;;/m1../s1. The minimum atomic E-state index is -0.847. The maximum atomic E-state index is 13.7. The molecule has 2 saturated heterocycles. The maximum Gasteiger partial charge on any atom is 0.248 e. The zero-order valence-electron chi connectivity index (χ0n) is 21.6. The van der Waals surface area contributed by atoms with Crippen LogP contribution in [0.4, 0.5) is 0 Å². The van der Waals surface area contributed by atoms with Crippen LogP contribution >= 0.6 is 36.4 Å². The van der Waals surface area contributed by atoms with Crippen molar-refractivity contribution in [2.24, 2.45) is 5.92 Å². The first-order valence-corrected chi connectivity index (χ1v) is 13.4. The lowest BCUT2D eigenvalue weighted by atomic mass is 9.77. The number of piperazine rings is 1. The Balaban J connectivity index is 0.00000228. The summed E-state index contributed by atoms with van der Waals surface area (Å²) < 4.78 is 0. The van der Waals surface area contributed by atoms with Crippen molar-refractivity contribution in [2.75, 3.05) is 19.6 Å². The number of nitrogens with one attached hydrogen (secondary N) is 2. The molecule has 3 atom stereocenters. The van der Waals surface area contributed by atoms with Gasteiger partial charge in [-0.15, -0.1) is 24.8 Å². The van der Waals surface area contributed by atoms with E-state index in [-0.39, 0.29) is 48.6 Å². The van der Waals surface area contributed by atoms with Crippen molar-refractivity contribution in [1.29, 1.82) is 0 Å². The van der Waals surface area contributed by atoms with Gasteiger partial charge in [0.15, 0.2) is 0 Å². The van der Waals surface area contributed by atoms with Gasteiger partial charge in [0.05, 0.1) is 11.8 Å². The van der Waals surface area contributed by atoms with Gasteiger partial charge >= 0.3 is 0 Å². The predicted octanol–water partition coefficient (Wildman–Crippen LogP) is 4.18. The molecule has 3 fully saturated rings. The summed E-state index contributed by atoms with van der Waals surface area (Å²) in [5, 5.41) is 21.7. The molecule has 2 aliphatic heterocycles. The number of aromatic nitrogens is 2. The first-order chi connectivity index (χ1) is 16.3. The summed E-state index contributed by atoms with van der Waals surface area (Å²) in [5.41, 5.74) is 1.02. The Bertz CT molecular complexity index is 865. The zero-order valence-corrected chi connectivity index (χ0v) is 24.0. The fourth-order valence-electron chi connectivity index (χ4n) is 6.32. The summed E-state index contributed by atoms with van der Waals surface area (Å²) in [6, 6.07) is -0.765. The van der Waals surface area contributed by atoms with Crippen molar-refractivity contribution in [3.63, 3.8) is 0 Å². The second-order valence-corrected chi connectivity index (χ2v) is 10.8. The van der Waals surface area contributed by atoms with Crippen LogP contribution < -0.4 is 5.32 Å². The molecule has 1 aromatic heterocycles. The Kier molecular flexibility index (Phi) is 11.4. The molecule has 0 radical (unpaired) electrons. The number of carbonyl (C=O) groups excluding carboxylic acids is 2. The zero-order chi connectivity index (χ0) is 24.5. The van der Waals surface area contributed by atoms with Crippen LogP contribution in [-0.2, 0) is 9.59 Å². The van der Waals surface area contributed by atoms with E-state index in [9.17, 15) is 14.7 Å². The molecule has 206 valence electrons. The van der Waals surface area contributed by atoms with E-state index in [1.807, 2.05) is 11.8 Å². The Morgan fingerprint density at radius 1 is 1.17 bits per heavy atom. The Labute approximate surface area is 232 Å². The molecule has 1 spiro atoms. The van der Waals surface area contributed by atoms with Crippen molar-refractivity contribution < 1.29 is 14.7 Å². The number of amides is 2. The number of hydrogen-bond donors (Lipinski definition) is 3. The number of H-pyrrole nitrogens is 1. The summed E-state index contributed by atoms with van der Waals surface area (Å²) in [4.78, 5) is 31.5. The van der Waals surface area contributed by atoms with Gasteiger partial charge in [-0.3, -0.25) is 19.6 Å². The van der Waals surface area contributed by atoms with Gasteiger partial charge in [-0.1, -0.05) is 44.2 Å². The minimum Gasteiger partial charge on any atom is -0.390 e. The van der Waals surface area contributed by atoms with E-state index in [0.717, 1.165) is 49.8 Å². The monoisotopic (exact) mass is 565 g/mol. The number of piperidine rings is 1. The van der Waals surface area contributed by atoms with Gasteiger partial charge in [-0.2, -0.15) is 5.10 Å². The number of hydrogen-bond acceptors (Lipinski definition) is 5. The Hall–Kier alpha value is -1.06. The Morgan fingerprint density at radius 3 is 2.36 bits per heavy atom. The topological polar surface area (TPSA) is 102 Å². The molecular weight excluding hydrogens is 525 g/mol. The first kappa shape index (κ1) is 31.2. The molecule has 1 aliphatic carbocycles. The molecule has 1 aromatic rings. The SMILES string of the molecule is CCCCN1C(=O)[C@@H]([C@H](O)C2CCCCC2)NC(=O)C12CCN(C(C)c1c(C)n[nH]c1Cl)CC2.Cl.Cl. The molecule has 11 heteroatoms. The van der Waals surface area contributed by atoms with E-state index < -0.39 is 17.7 Å². The summed E-state index contributed by atoms with van der Waals surface area (Å²) >= 11 is 6.35. The molecular formula is C25H42Cl3N5O3.